The lowest BCUT2D eigenvalue weighted by Gasteiger charge is -2.16. The number of benzene rings is 1. The second-order valence-corrected chi connectivity index (χ2v) is 3.40. The topological polar surface area (TPSA) is 98.7 Å². The molecule has 7 heteroatoms. The molecular weight excluding hydrogens is 238 g/mol. The molecule has 0 unspecified atom stereocenters. The lowest BCUT2D eigenvalue weighted by Crippen LogP contribution is -2.41. The Morgan fingerprint density at radius 2 is 1.78 bits per heavy atom. The highest BCUT2D eigenvalue weighted by Crippen LogP contribution is 2.15. The summed E-state index contributed by atoms with van der Waals surface area (Å²) < 4.78 is 0. The van der Waals surface area contributed by atoms with Crippen molar-refractivity contribution in [2.24, 2.45) is 0 Å². The fourth-order valence-electron chi connectivity index (χ4n) is 1.24. The fraction of sp³-hybridized carbons (Fsp3) is 0.182. The van der Waals surface area contributed by atoms with E-state index in [1.165, 1.54) is 26.2 Å². The number of rotatable bonds is 2. The van der Waals surface area contributed by atoms with Crippen LogP contribution in [-0.4, -0.2) is 42.1 Å². The molecule has 0 spiro atoms. The summed E-state index contributed by atoms with van der Waals surface area (Å²) in [5.74, 6) is -1.16. The predicted octanol–water partition coefficient (Wildman–Crippen LogP) is 1.19. The lowest BCUT2D eigenvalue weighted by atomic mass is 10.2. The Morgan fingerprint density at radius 3 is 2.33 bits per heavy atom. The maximum Gasteiger partial charge on any atom is 0.337 e. The van der Waals surface area contributed by atoms with Gasteiger partial charge in [0.2, 0.25) is 0 Å². The summed E-state index contributed by atoms with van der Waals surface area (Å²) in [6, 6.07) is 4.61. The number of carbonyl (C=O) groups excluding carboxylic acids is 2. The zero-order valence-electron chi connectivity index (χ0n) is 9.93. The van der Waals surface area contributed by atoms with Crippen molar-refractivity contribution in [3.63, 3.8) is 0 Å². The number of carbonyl (C=O) groups is 3. The highest BCUT2D eigenvalue weighted by atomic mass is 16.4. The maximum atomic E-state index is 11.6. The van der Waals surface area contributed by atoms with Gasteiger partial charge in [-0.3, -0.25) is 0 Å². The molecule has 0 aliphatic rings. The molecule has 0 aliphatic heterocycles. The van der Waals surface area contributed by atoms with Crippen molar-refractivity contribution in [2.45, 2.75) is 0 Å². The van der Waals surface area contributed by atoms with Gasteiger partial charge in [-0.15, -0.1) is 0 Å². The van der Waals surface area contributed by atoms with Crippen LogP contribution in [0.3, 0.4) is 0 Å². The molecule has 0 fully saturated rings. The molecule has 18 heavy (non-hydrogen) atoms. The van der Waals surface area contributed by atoms with E-state index in [-0.39, 0.29) is 11.3 Å². The molecule has 3 N–H and O–H groups in total. The Balaban J connectivity index is 2.88. The molecule has 96 valence electrons. The van der Waals surface area contributed by atoms with Gasteiger partial charge in [0.25, 0.3) is 0 Å². The minimum absolute atomic E-state index is 0.0452. The molecule has 1 rings (SSSR count). The first kappa shape index (κ1) is 13.5. The summed E-state index contributed by atoms with van der Waals surface area (Å²) in [5, 5.41) is 13.6. The van der Waals surface area contributed by atoms with Gasteiger partial charge in [0.15, 0.2) is 0 Å². The molecule has 1 aromatic rings. The quantitative estimate of drug-likeness (QED) is 0.735. The molecule has 0 atom stereocenters. The number of nitrogens with zero attached hydrogens (tertiary/aromatic N) is 1. The molecule has 0 heterocycles. The van der Waals surface area contributed by atoms with Gasteiger partial charge in [-0.2, -0.15) is 0 Å². The van der Waals surface area contributed by atoms with Crippen LogP contribution in [0.25, 0.3) is 0 Å². The summed E-state index contributed by atoms with van der Waals surface area (Å²) in [6.45, 7) is 0. The number of amides is 4. The van der Waals surface area contributed by atoms with Crippen LogP contribution in [0, 0.1) is 0 Å². The molecule has 0 bridgehead atoms. The zero-order valence-corrected chi connectivity index (χ0v) is 9.93. The number of urea groups is 2. The van der Waals surface area contributed by atoms with E-state index >= 15 is 0 Å². The third kappa shape index (κ3) is 2.97. The van der Waals surface area contributed by atoms with Crippen molar-refractivity contribution in [1.29, 1.82) is 0 Å². The first-order chi connectivity index (χ1) is 8.47. The molecule has 4 amide bonds. The number of nitrogens with one attached hydrogen (secondary N) is 2. The Labute approximate surface area is 103 Å². The first-order valence-corrected chi connectivity index (χ1v) is 5.06. The van der Waals surface area contributed by atoms with Crippen LogP contribution < -0.4 is 10.6 Å². The van der Waals surface area contributed by atoms with Gasteiger partial charge >= 0.3 is 18.0 Å². The van der Waals surface area contributed by atoms with E-state index in [2.05, 4.69) is 10.6 Å². The average molecular weight is 251 g/mol. The second kappa shape index (κ2) is 5.67. The predicted molar refractivity (Wildman–Crippen MR) is 64.6 cm³/mol. The number of carboxylic acid groups (broad SMARTS) is 1. The van der Waals surface area contributed by atoms with E-state index in [0.717, 1.165) is 4.90 Å². The van der Waals surface area contributed by atoms with Gasteiger partial charge in [-0.05, 0) is 12.1 Å². The summed E-state index contributed by atoms with van der Waals surface area (Å²) in [6.07, 6.45) is 0. The van der Waals surface area contributed by atoms with Gasteiger partial charge in [0.05, 0.1) is 11.3 Å². The van der Waals surface area contributed by atoms with Crippen LogP contribution in [0.1, 0.15) is 10.4 Å². The highest BCUT2D eigenvalue weighted by molar-refractivity contribution is 6.04. The third-order valence-corrected chi connectivity index (χ3v) is 2.22. The van der Waals surface area contributed by atoms with E-state index in [1.54, 1.807) is 12.1 Å². The van der Waals surface area contributed by atoms with Crippen LogP contribution in [0.4, 0.5) is 15.3 Å². The normalized spacial score (nSPS) is 9.44. The van der Waals surface area contributed by atoms with Crippen molar-refractivity contribution in [1.82, 2.24) is 10.2 Å². The molecule has 0 radical (unpaired) electrons. The van der Waals surface area contributed by atoms with Crippen LogP contribution in [0.5, 0.6) is 0 Å². The third-order valence-electron chi connectivity index (χ3n) is 2.22. The van der Waals surface area contributed by atoms with E-state index in [4.69, 9.17) is 5.11 Å². The molecule has 0 saturated heterocycles. The fourth-order valence-corrected chi connectivity index (χ4v) is 1.24. The van der Waals surface area contributed by atoms with Crippen LogP contribution in [0.2, 0.25) is 0 Å². The van der Waals surface area contributed by atoms with E-state index in [0.29, 0.717) is 0 Å². The zero-order chi connectivity index (χ0) is 13.7. The largest absolute Gasteiger partial charge is 0.478 e. The number of carboxylic acids is 1. The Morgan fingerprint density at radius 1 is 1.17 bits per heavy atom. The van der Waals surface area contributed by atoms with Crippen molar-refractivity contribution < 1.29 is 19.5 Å². The second-order valence-electron chi connectivity index (χ2n) is 3.40. The first-order valence-electron chi connectivity index (χ1n) is 5.06. The van der Waals surface area contributed by atoms with Gasteiger partial charge < -0.3 is 15.7 Å². The minimum atomic E-state index is -1.16. The molecular formula is C11H13N3O4. The van der Waals surface area contributed by atoms with Crippen molar-refractivity contribution >= 4 is 23.7 Å². The Kier molecular flexibility index (Phi) is 4.25. The van der Waals surface area contributed by atoms with Crippen LogP contribution >= 0.6 is 0 Å². The number of aromatic carboxylic acids is 1. The van der Waals surface area contributed by atoms with Gasteiger partial charge in [-0.1, -0.05) is 12.1 Å². The summed E-state index contributed by atoms with van der Waals surface area (Å²) in [5.41, 5.74) is 0.0851. The lowest BCUT2D eigenvalue weighted by molar-refractivity contribution is 0.0698. The van der Waals surface area contributed by atoms with Gasteiger partial charge in [0, 0.05) is 14.1 Å². The molecule has 0 aliphatic carbocycles. The maximum absolute atomic E-state index is 11.6. The monoisotopic (exact) mass is 251 g/mol. The number of hydrogen-bond acceptors (Lipinski definition) is 3. The number of imide groups is 1. The molecule has 7 nitrogen and oxygen atoms in total. The minimum Gasteiger partial charge on any atom is -0.478 e. The number of anilines is 1. The van der Waals surface area contributed by atoms with Gasteiger partial charge in [0.1, 0.15) is 0 Å². The van der Waals surface area contributed by atoms with Gasteiger partial charge in [-0.25, -0.2) is 19.3 Å². The van der Waals surface area contributed by atoms with Crippen LogP contribution in [0.15, 0.2) is 24.3 Å². The number of para-hydroxylation sites is 1. The molecule has 0 saturated carbocycles. The summed E-state index contributed by atoms with van der Waals surface area (Å²) in [4.78, 5) is 34.6. The average Bonchev–Trinajstić information content (AvgIpc) is 2.37. The van der Waals surface area contributed by atoms with E-state index < -0.39 is 18.0 Å². The Bertz CT molecular complexity index is 487. The molecule has 1 aromatic carbocycles. The van der Waals surface area contributed by atoms with Crippen molar-refractivity contribution in [3.8, 4) is 0 Å². The Hall–Kier alpha value is -2.57. The van der Waals surface area contributed by atoms with Crippen molar-refractivity contribution in [3.05, 3.63) is 29.8 Å². The SMILES string of the molecule is CNC(=O)N(C)C(=O)Nc1ccccc1C(=O)O. The summed E-state index contributed by atoms with van der Waals surface area (Å²) >= 11 is 0. The van der Waals surface area contributed by atoms with Crippen LogP contribution in [-0.2, 0) is 0 Å². The molecule has 0 aromatic heterocycles. The van der Waals surface area contributed by atoms with E-state index in [1.807, 2.05) is 0 Å². The summed E-state index contributed by atoms with van der Waals surface area (Å²) in [7, 11) is 2.66. The smallest absolute Gasteiger partial charge is 0.337 e. The standard InChI is InChI=1S/C11H13N3O4/c1-12-10(17)14(2)11(18)13-8-6-4-3-5-7(8)9(15)16/h3-6H,1-2H3,(H,12,17)(H,13,18)(H,15,16). The number of hydrogen-bond donors (Lipinski definition) is 3. The highest BCUT2D eigenvalue weighted by Gasteiger charge is 2.17. The van der Waals surface area contributed by atoms with Crippen molar-refractivity contribution in [2.75, 3.05) is 19.4 Å². The van der Waals surface area contributed by atoms with E-state index in [9.17, 15) is 14.4 Å².